The molecular weight excluding hydrogens is 1580 g/mol. The van der Waals surface area contributed by atoms with Gasteiger partial charge in [-0.25, -0.2) is 24.9 Å². The summed E-state index contributed by atoms with van der Waals surface area (Å²) in [6.45, 7) is 8.97. The largest absolute Gasteiger partial charge is 0.394 e. The van der Waals surface area contributed by atoms with Gasteiger partial charge in [0.1, 0.15) is 161 Å². The minimum absolute atomic E-state index is 0.154. The van der Waals surface area contributed by atoms with Gasteiger partial charge in [-0.05, 0) is 62.4 Å². The van der Waals surface area contributed by atoms with Gasteiger partial charge in [0.2, 0.25) is 0 Å². The maximum absolute atomic E-state index is 12.7. The molecule has 14 heterocycles. The van der Waals surface area contributed by atoms with E-state index in [0.29, 0.717) is 93.0 Å². The van der Waals surface area contributed by atoms with E-state index in [0.717, 1.165) is 16.7 Å². The van der Waals surface area contributed by atoms with Crippen LogP contribution in [0.3, 0.4) is 0 Å². The molecule has 29 N–H and O–H groups in total. The van der Waals surface area contributed by atoms with E-state index in [1.807, 2.05) is 0 Å². The smallest absolute Gasteiger partial charge is 0.260 e. The number of nitrogens with one attached hydrogen (secondary N) is 13. The van der Waals surface area contributed by atoms with Crippen LogP contribution in [0.1, 0.15) is 69.4 Å². The third kappa shape index (κ3) is 16.7. The molecule has 0 bridgehead atoms. The Balaban J connectivity index is 0.000000118. The van der Waals surface area contributed by atoms with Crippen LogP contribution in [0, 0.1) is 34.6 Å². The highest BCUT2D eigenvalue weighted by molar-refractivity contribution is 5.82. The lowest BCUT2D eigenvalue weighted by molar-refractivity contribution is -0.0509. The number of rotatable bonds is 19. The Hall–Kier alpha value is -9.68. The highest BCUT2D eigenvalue weighted by Gasteiger charge is 2.62. The van der Waals surface area contributed by atoms with Crippen molar-refractivity contribution >= 4 is 55.2 Å². The molecule has 0 aromatic carbocycles. The van der Waals surface area contributed by atoms with Gasteiger partial charge in [0.15, 0.2) is 12.5 Å². The maximum atomic E-state index is 12.7. The zero-order chi connectivity index (χ0) is 85.5. The van der Waals surface area contributed by atoms with Crippen molar-refractivity contribution in [2.24, 2.45) is 0 Å². The first-order valence-corrected chi connectivity index (χ1v) is 38.8. The van der Waals surface area contributed by atoms with Crippen LogP contribution in [-0.2, 0) is 51.7 Å². The van der Waals surface area contributed by atoms with Gasteiger partial charge in [-0.3, -0.25) is 24.0 Å². The number of aromatic amines is 8. The number of nitrogens with zero attached hydrogens (tertiary/aromatic N) is 7. The molecule has 0 radical (unpaired) electrons. The number of aromatic nitrogens is 15. The normalized spacial score (nSPS) is 33.0. The van der Waals surface area contributed by atoms with E-state index >= 15 is 0 Å². The molecular formula is C75H96N20O25. The van der Waals surface area contributed by atoms with E-state index in [9.17, 15) is 106 Å². The van der Waals surface area contributed by atoms with Crippen molar-refractivity contribution in [1.29, 1.82) is 0 Å². The van der Waals surface area contributed by atoms with Crippen molar-refractivity contribution in [1.82, 2.24) is 101 Å². The first-order valence-electron chi connectivity index (χ1n) is 38.8. The van der Waals surface area contributed by atoms with Crippen molar-refractivity contribution in [2.75, 3.05) is 13.2 Å². The topological polar surface area (TPSA) is 713 Å². The number of hydrogen-bond acceptors (Lipinski definition) is 35. The molecule has 10 aromatic heterocycles. The molecule has 120 heavy (non-hydrogen) atoms. The minimum Gasteiger partial charge on any atom is -0.394 e. The summed E-state index contributed by atoms with van der Waals surface area (Å²) in [5, 5.41) is 175. The molecule has 0 amide bonds. The second kappa shape index (κ2) is 34.7. The zero-order valence-electron chi connectivity index (χ0n) is 64.8. The highest BCUT2D eigenvalue weighted by Crippen LogP contribution is 2.42. The number of epoxide rings is 2. The summed E-state index contributed by atoms with van der Waals surface area (Å²) < 4.78 is 24.7. The number of aliphatic hydroxyl groups excluding tert-OH is 16. The van der Waals surface area contributed by atoms with Crippen LogP contribution in [0.4, 0.5) is 0 Å². The number of aryl methyl sites for hydroxylation is 5. The Morgan fingerprint density at radius 1 is 0.333 bits per heavy atom. The molecule has 4 aliphatic heterocycles. The van der Waals surface area contributed by atoms with Crippen LogP contribution < -0.4 is 54.4 Å². The number of fused-ring (bicyclic) bond motifs is 7. The fourth-order valence-electron chi connectivity index (χ4n) is 16.4. The molecule has 646 valence electrons. The fourth-order valence-corrected chi connectivity index (χ4v) is 16.4. The zero-order valence-corrected chi connectivity index (χ0v) is 64.8. The van der Waals surface area contributed by atoms with Crippen LogP contribution in [0.5, 0.6) is 0 Å². The lowest BCUT2D eigenvalue weighted by Crippen LogP contribution is -2.44. The van der Waals surface area contributed by atoms with Crippen molar-refractivity contribution in [2.45, 2.75) is 232 Å². The van der Waals surface area contributed by atoms with Crippen LogP contribution in [0.15, 0.2) is 91.4 Å². The second-order valence-electron chi connectivity index (χ2n) is 31.1. The average molecular weight is 1680 g/mol. The predicted molar refractivity (Wildman–Crippen MR) is 419 cm³/mol. The van der Waals surface area contributed by atoms with E-state index in [-0.39, 0.29) is 105 Å². The van der Waals surface area contributed by atoms with Gasteiger partial charge in [-0.2, -0.15) is 0 Å². The highest BCUT2D eigenvalue weighted by atomic mass is 16.6. The summed E-state index contributed by atoms with van der Waals surface area (Å²) >= 11 is 0. The summed E-state index contributed by atoms with van der Waals surface area (Å²) in [4.78, 5) is 105. The molecule has 6 fully saturated rings. The van der Waals surface area contributed by atoms with E-state index < -0.39 is 135 Å². The molecule has 19 rings (SSSR count). The fraction of sp³-hybridized carbons (Fsp3) is 0.520. The molecule has 27 atom stereocenters. The number of aliphatic hydroxyl groups is 16. The Bertz CT molecular complexity index is 5690. The first kappa shape index (κ1) is 85.3. The third-order valence-corrected chi connectivity index (χ3v) is 22.8. The molecule has 0 spiro atoms. The Morgan fingerprint density at radius 3 is 0.908 bits per heavy atom. The molecule has 2 saturated carbocycles. The molecule has 45 nitrogen and oxygen atoms in total. The van der Waals surface area contributed by atoms with Gasteiger partial charge in [0, 0.05) is 63.7 Å². The van der Waals surface area contributed by atoms with Gasteiger partial charge >= 0.3 is 0 Å². The molecule has 45 heteroatoms. The Morgan fingerprint density at radius 2 is 0.625 bits per heavy atom. The molecule has 4 saturated heterocycles. The predicted octanol–water partition coefficient (Wildman–Crippen LogP) is -8.86. The number of ether oxygens (including phenoxy) is 4. The van der Waals surface area contributed by atoms with Crippen molar-refractivity contribution in [3.05, 3.63) is 176 Å². The van der Waals surface area contributed by atoms with Gasteiger partial charge in [0.25, 0.3) is 27.8 Å². The third-order valence-electron chi connectivity index (χ3n) is 22.8. The van der Waals surface area contributed by atoms with E-state index in [2.05, 4.69) is 91.4 Å². The van der Waals surface area contributed by atoms with E-state index in [1.54, 1.807) is 96.0 Å². The van der Waals surface area contributed by atoms with Crippen LogP contribution in [0.25, 0.3) is 55.2 Å². The summed E-state index contributed by atoms with van der Waals surface area (Å²) in [5.41, 5.74) is 4.22. The summed E-state index contributed by atoms with van der Waals surface area (Å²) in [6, 6.07) is -1.96. The van der Waals surface area contributed by atoms with Crippen molar-refractivity contribution in [3.8, 4) is 0 Å². The van der Waals surface area contributed by atoms with Gasteiger partial charge in [0.05, 0.1) is 88.7 Å². The van der Waals surface area contributed by atoms with Crippen LogP contribution in [-0.4, -0.2) is 321 Å². The minimum atomic E-state index is -1.33. The van der Waals surface area contributed by atoms with Gasteiger partial charge in [-0.15, -0.1) is 0 Å². The lowest BCUT2D eigenvalue weighted by Gasteiger charge is -2.20. The molecule has 5 aliphatic carbocycles. The van der Waals surface area contributed by atoms with Crippen LogP contribution >= 0.6 is 0 Å². The average Bonchev–Trinajstić information content (AvgIpc) is 1.58. The molecule has 9 aliphatic rings. The van der Waals surface area contributed by atoms with E-state index in [1.165, 1.54) is 15.2 Å². The van der Waals surface area contributed by atoms with Gasteiger partial charge < -0.3 is 176 Å². The van der Waals surface area contributed by atoms with Gasteiger partial charge in [-0.1, -0.05) is 36.5 Å². The Kier molecular flexibility index (Phi) is 24.7. The lowest BCUT2D eigenvalue weighted by atomic mass is 10.1. The second-order valence-corrected chi connectivity index (χ2v) is 31.1. The maximum Gasteiger partial charge on any atom is 0.260 e. The summed E-state index contributed by atoms with van der Waals surface area (Å²) in [7, 11) is 0. The summed E-state index contributed by atoms with van der Waals surface area (Å²) in [6.07, 6.45) is -1.32. The SMILES string of the molecule is Cc1nc2[nH]cc(CNC3C(O)C(O)C4OC34)c2c(=O)[nH]1.Cc1nc2[nH]cc(CNC3C=CC(O)C3O)c2c(=O)[nH]1.Cc1nc2[nH]cc(CN[C@H]3C=C[C@H](O)[C@@H]3O)c2c(=O)[nH]1.Cc1nc2c(c(CNC3C(O)C(O)C4OC34)cn2C2OC(CO)C(O)C2O)c(=O)[nH]1.Cc1nc2c(c(CNC3C=CC(O)C3O)cn2C2OC(CO)C(O)C2O)c(=O)[nH]1. The molecule has 10 aromatic rings. The summed E-state index contributed by atoms with van der Waals surface area (Å²) in [5.74, 6) is 2.40. The number of hydrogen-bond donors (Lipinski definition) is 29. The monoisotopic (exact) mass is 1680 g/mol. The van der Waals surface area contributed by atoms with Crippen molar-refractivity contribution < 1.29 is 101 Å². The molecule has 24 unspecified atom stereocenters. The quantitative estimate of drug-likeness (QED) is 0.0264. The Labute approximate surface area is 675 Å². The standard InChI is InChI=1S/C18H24N4O8.C18H24N4O7.C13H16N4O4.2C13H16N4O3/c1-5-20-16-8(17(28)21-5)6(2-19-9-11(25)12(26)15-14(9)30-15)3-22(16)18-13(27)10(24)7(4-23)29-18;1-7-20-16-12(17(28)21-7)8(4-19-9-2-3-10(24)13(9)25)5-22(16)18-15(27)14(26)11(6-23)29-18;1-4-16-12-6(13(20)17-4)5(3-15-12)2-14-7-8(18)9(19)11-10(7)21-11;2*1-6-16-12-10(13(20)17-6)7(5-15-12)4-14-8-2-3-9(18)11(8)19/h3,7,9-15,18-19,23-27H,2,4H2,1H3,(H,20,21,28);2-3,5,9-11,13-15,18-19,23-27H,4,6H2,1H3,(H,20,21,28);3,7-11,14,18-19H,2H2,1H3,(H2,15,16,17,20);2*2-3,5,8-9,11,14,18-19H,4H2,1H3,(H2,15,16,17,20)/t;;;8-,9-,11+;/m...0./s1. The van der Waals surface area contributed by atoms with E-state index in [4.69, 9.17) is 18.9 Å². The first-order chi connectivity index (χ1) is 57.3. The number of H-pyrrole nitrogens is 8. The van der Waals surface area contributed by atoms with Crippen LogP contribution in [0.2, 0.25) is 0 Å². The van der Waals surface area contributed by atoms with Crippen molar-refractivity contribution in [3.63, 3.8) is 0 Å².